The number of hydrogen-bond donors (Lipinski definition) is 3. The summed E-state index contributed by atoms with van der Waals surface area (Å²) in [5, 5.41) is 11.5. The molecule has 148 valence electrons. The number of carbonyl (C=O) groups is 1. The average molecular weight is 500 g/mol. The topological polar surface area (TPSA) is 65.5 Å². The van der Waals surface area contributed by atoms with Crippen molar-refractivity contribution >= 4 is 47.2 Å². The number of hydrogen-bond acceptors (Lipinski definition) is 3. The molecule has 7 heteroatoms. The summed E-state index contributed by atoms with van der Waals surface area (Å²) in [5.74, 6) is 1.28. The van der Waals surface area contributed by atoms with E-state index in [4.69, 9.17) is 0 Å². The van der Waals surface area contributed by atoms with Crippen molar-refractivity contribution in [1.29, 1.82) is 0 Å². The highest BCUT2D eigenvalue weighted by Gasteiger charge is 2.06. The Morgan fingerprint density at radius 3 is 2.52 bits per heavy atom. The van der Waals surface area contributed by atoms with E-state index < -0.39 is 0 Å². The number of benzene rings is 1. The number of thiophene rings is 1. The average Bonchev–Trinajstić information content (AvgIpc) is 3.16. The maximum absolute atomic E-state index is 11.6. The molecule has 0 aliphatic heterocycles. The highest BCUT2D eigenvalue weighted by Crippen LogP contribution is 2.13. The fraction of sp³-hybridized carbons (Fsp3) is 0.400. The number of nitrogens with one attached hydrogen (secondary N) is 3. The SMILES string of the molecule is CCNC(=NCc1ccc(C(=O)NC)cc1)NCC(C)Cc1cccs1.I. The third kappa shape index (κ3) is 8.30. The lowest BCUT2D eigenvalue weighted by Gasteiger charge is -2.15. The smallest absolute Gasteiger partial charge is 0.251 e. The summed E-state index contributed by atoms with van der Waals surface area (Å²) < 4.78 is 0. The first-order valence-electron chi connectivity index (χ1n) is 8.98. The monoisotopic (exact) mass is 500 g/mol. The quantitative estimate of drug-likeness (QED) is 0.295. The Labute approximate surface area is 183 Å². The number of carbonyl (C=O) groups excluding carboxylic acids is 1. The van der Waals surface area contributed by atoms with Gasteiger partial charge in [-0.15, -0.1) is 35.3 Å². The van der Waals surface area contributed by atoms with Crippen LogP contribution in [0.1, 0.15) is 34.6 Å². The number of halogens is 1. The number of aliphatic imine (C=N–C) groups is 1. The van der Waals surface area contributed by atoms with E-state index in [1.165, 1.54) is 4.88 Å². The Morgan fingerprint density at radius 1 is 1.19 bits per heavy atom. The van der Waals surface area contributed by atoms with Crippen LogP contribution < -0.4 is 16.0 Å². The molecule has 27 heavy (non-hydrogen) atoms. The Kier molecular flexibility index (Phi) is 11.0. The van der Waals surface area contributed by atoms with Gasteiger partial charge in [-0.25, -0.2) is 4.99 Å². The van der Waals surface area contributed by atoms with Gasteiger partial charge in [0.2, 0.25) is 0 Å². The molecule has 0 fully saturated rings. The van der Waals surface area contributed by atoms with Gasteiger partial charge >= 0.3 is 0 Å². The number of guanidine groups is 1. The molecule has 0 aliphatic carbocycles. The van der Waals surface area contributed by atoms with E-state index >= 15 is 0 Å². The van der Waals surface area contributed by atoms with Gasteiger partial charge in [0.25, 0.3) is 5.91 Å². The van der Waals surface area contributed by atoms with Crippen LogP contribution in [0, 0.1) is 5.92 Å². The summed E-state index contributed by atoms with van der Waals surface area (Å²) in [5.41, 5.74) is 1.73. The van der Waals surface area contributed by atoms with Crippen molar-refractivity contribution in [2.75, 3.05) is 20.1 Å². The van der Waals surface area contributed by atoms with Crippen LogP contribution in [0.2, 0.25) is 0 Å². The van der Waals surface area contributed by atoms with Gasteiger partial charge in [0.05, 0.1) is 6.54 Å². The Balaban J connectivity index is 0.00000364. The molecule has 0 saturated carbocycles. The highest BCUT2D eigenvalue weighted by molar-refractivity contribution is 14.0. The van der Waals surface area contributed by atoms with Crippen molar-refractivity contribution in [1.82, 2.24) is 16.0 Å². The van der Waals surface area contributed by atoms with Gasteiger partial charge in [0.15, 0.2) is 5.96 Å². The fourth-order valence-corrected chi connectivity index (χ4v) is 3.40. The first-order valence-corrected chi connectivity index (χ1v) is 9.86. The summed E-state index contributed by atoms with van der Waals surface area (Å²) in [7, 11) is 1.63. The summed E-state index contributed by atoms with van der Waals surface area (Å²) >= 11 is 1.81. The molecule has 0 radical (unpaired) electrons. The maximum atomic E-state index is 11.6. The third-order valence-corrected chi connectivity index (χ3v) is 4.85. The summed E-state index contributed by atoms with van der Waals surface area (Å²) in [6.07, 6.45) is 1.07. The van der Waals surface area contributed by atoms with E-state index in [0.29, 0.717) is 18.0 Å². The number of amides is 1. The van der Waals surface area contributed by atoms with E-state index in [0.717, 1.165) is 31.0 Å². The lowest BCUT2D eigenvalue weighted by atomic mass is 10.1. The van der Waals surface area contributed by atoms with E-state index in [9.17, 15) is 4.79 Å². The van der Waals surface area contributed by atoms with E-state index in [2.05, 4.69) is 52.3 Å². The molecule has 2 rings (SSSR count). The van der Waals surface area contributed by atoms with Crippen molar-refractivity contribution in [3.8, 4) is 0 Å². The van der Waals surface area contributed by atoms with Gasteiger partial charge in [-0.3, -0.25) is 4.79 Å². The first kappa shape index (κ1) is 23.4. The van der Waals surface area contributed by atoms with Crippen LogP contribution in [0.3, 0.4) is 0 Å². The summed E-state index contributed by atoms with van der Waals surface area (Å²) in [6, 6.07) is 11.8. The molecular weight excluding hydrogens is 471 g/mol. The van der Waals surface area contributed by atoms with E-state index in [1.54, 1.807) is 18.4 Å². The highest BCUT2D eigenvalue weighted by atomic mass is 127. The molecule has 0 aliphatic rings. The molecule has 1 aromatic heterocycles. The van der Waals surface area contributed by atoms with Crippen molar-refractivity contribution < 1.29 is 4.79 Å². The zero-order valence-corrected chi connectivity index (χ0v) is 19.3. The Hall–Kier alpha value is -1.61. The van der Waals surface area contributed by atoms with Crippen molar-refractivity contribution in [2.45, 2.75) is 26.8 Å². The normalized spacial score (nSPS) is 12.0. The number of rotatable bonds is 8. The molecular formula is C20H29IN4OS. The van der Waals surface area contributed by atoms with Crippen molar-refractivity contribution in [2.24, 2.45) is 10.9 Å². The second kappa shape index (κ2) is 12.7. The van der Waals surface area contributed by atoms with Gasteiger partial charge in [-0.2, -0.15) is 0 Å². The molecule has 1 atom stereocenters. The minimum absolute atomic E-state index is 0. The van der Waals surface area contributed by atoms with Crippen LogP contribution >= 0.6 is 35.3 Å². The zero-order chi connectivity index (χ0) is 18.8. The molecule has 3 N–H and O–H groups in total. The lowest BCUT2D eigenvalue weighted by molar-refractivity contribution is 0.0963. The molecule has 1 aromatic carbocycles. The second-order valence-corrected chi connectivity index (χ2v) is 7.27. The van der Waals surface area contributed by atoms with Gasteiger partial charge in [-0.05, 0) is 48.4 Å². The zero-order valence-electron chi connectivity index (χ0n) is 16.1. The van der Waals surface area contributed by atoms with Crippen LogP contribution in [0.15, 0.2) is 46.8 Å². The molecule has 5 nitrogen and oxygen atoms in total. The molecule has 0 spiro atoms. The standard InChI is InChI=1S/C20H28N4OS.HI/c1-4-22-20(23-13-15(2)12-18-6-5-11-26-18)24-14-16-7-9-17(10-8-16)19(25)21-3;/h5-11,15H,4,12-14H2,1-3H3,(H,21,25)(H2,22,23,24);1H. The van der Waals surface area contributed by atoms with E-state index in [1.807, 2.05) is 24.3 Å². The minimum atomic E-state index is -0.0743. The molecule has 0 bridgehead atoms. The molecule has 1 amide bonds. The maximum Gasteiger partial charge on any atom is 0.251 e. The summed E-state index contributed by atoms with van der Waals surface area (Å²) in [4.78, 5) is 17.6. The second-order valence-electron chi connectivity index (χ2n) is 6.24. The van der Waals surface area contributed by atoms with Crippen LogP contribution in [0.5, 0.6) is 0 Å². The van der Waals surface area contributed by atoms with Crippen LogP contribution in [0.4, 0.5) is 0 Å². The van der Waals surface area contributed by atoms with Crippen LogP contribution in [-0.4, -0.2) is 32.0 Å². The predicted molar refractivity (Wildman–Crippen MR) is 125 cm³/mol. The van der Waals surface area contributed by atoms with Gasteiger partial charge < -0.3 is 16.0 Å². The van der Waals surface area contributed by atoms with Crippen LogP contribution in [-0.2, 0) is 13.0 Å². The van der Waals surface area contributed by atoms with Crippen molar-refractivity contribution in [3.05, 3.63) is 57.8 Å². The van der Waals surface area contributed by atoms with Crippen molar-refractivity contribution in [3.63, 3.8) is 0 Å². The van der Waals surface area contributed by atoms with E-state index in [-0.39, 0.29) is 29.9 Å². The lowest BCUT2D eigenvalue weighted by Crippen LogP contribution is -2.39. The third-order valence-electron chi connectivity index (χ3n) is 3.95. The largest absolute Gasteiger partial charge is 0.357 e. The summed E-state index contributed by atoms with van der Waals surface area (Å²) in [6.45, 7) is 6.57. The Bertz CT molecular complexity index is 701. The minimum Gasteiger partial charge on any atom is -0.357 e. The molecule has 1 heterocycles. The van der Waals surface area contributed by atoms with Gasteiger partial charge in [-0.1, -0.05) is 25.1 Å². The first-order chi connectivity index (χ1) is 12.6. The Morgan fingerprint density at radius 2 is 1.93 bits per heavy atom. The van der Waals surface area contributed by atoms with Crippen LogP contribution in [0.25, 0.3) is 0 Å². The molecule has 1 unspecified atom stereocenters. The fourth-order valence-electron chi connectivity index (χ4n) is 2.53. The van der Waals surface area contributed by atoms with Gasteiger partial charge in [0, 0.05) is 30.6 Å². The predicted octanol–water partition coefficient (Wildman–Crippen LogP) is 3.66. The molecule has 2 aromatic rings. The molecule has 0 saturated heterocycles. The number of nitrogens with zero attached hydrogens (tertiary/aromatic N) is 1. The van der Waals surface area contributed by atoms with Gasteiger partial charge in [0.1, 0.15) is 0 Å².